The van der Waals surface area contributed by atoms with Gasteiger partial charge in [0.15, 0.2) is 11.0 Å². The molecule has 0 saturated heterocycles. The molecule has 0 fully saturated rings. The van der Waals surface area contributed by atoms with E-state index in [0.29, 0.717) is 12.3 Å². The van der Waals surface area contributed by atoms with Crippen LogP contribution in [0.1, 0.15) is 36.5 Å². The zero-order chi connectivity index (χ0) is 17.3. The second-order valence-corrected chi connectivity index (χ2v) is 7.66. The second kappa shape index (κ2) is 7.02. The molecule has 0 amide bonds. The summed E-state index contributed by atoms with van der Waals surface area (Å²) in [6.45, 7) is 9.46. The van der Waals surface area contributed by atoms with Crippen LogP contribution in [0.4, 0.5) is 0 Å². The van der Waals surface area contributed by atoms with Crippen molar-refractivity contribution in [1.29, 1.82) is 0 Å². The summed E-state index contributed by atoms with van der Waals surface area (Å²) < 4.78 is 3.54. The van der Waals surface area contributed by atoms with Gasteiger partial charge in [0.25, 0.3) is 5.56 Å². The minimum atomic E-state index is 0.0417. The average Bonchev–Trinajstić information content (AvgIpc) is 3.11. The molecule has 0 aromatic carbocycles. The van der Waals surface area contributed by atoms with Crippen molar-refractivity contribution in [2.45, 2.75) is 58.1 Å². The lowest BCUT2D eigenvalue weighted by molar-refractivity contribution is 0.564. The molecule has 0 atom stereocenters. The lowest BCUT2D eigenvalue weighted by atomic mass is 10.2. The zero-order valence-corrected chi connectivity index (χ0v) is 15.9. The maximum Gasteiger partial charge on any atom is 0.263 e. The number of tetrazole rings is 1. The highest BCUT2D eigenvalue weighted by molar-refractivity contribution is 7.98. The molecule has 24 heavy (non-hydrogen) atoms. The van der Waals surface area contributed by atoms with Gasteiger partial charge in [0.1, 0.15) is 4.83 Å². The molecule has 3 rings (SSSR count). The summed E-state index contributed by atoms with van der Waals surface area (Å²) in [5, 5.41) is 13.3. The lowest BCUT2D eigenvalue weighted by Gasteiger charge is -2.09. The van der Waals surface area contributed by atoms with Crippen LogP contribution in [0.2, 0.25) is 0 Å². The standard InChI is InChI=1S/C15H20N6OS2/c1-5-7-21-11(17-18-19-21)8-23-15-16-13-12(9(3)10(4)24-13)14(22)20(15)6-2/h5-8H2,1-4H3. The molecule has 0 saturated carbocycles. The van der Waals surface area contributed by atoms with Crippen molar-refractivity contribution in [2.75, 3.05) is 0 Å². The Hall–Kier alpha value is -1.74. The highest BCUT2D eigenvalue weighted by Crippen LogP contribution is 2.29. The highest BCUT2D eigenvalue weighted by Gasteiger charge is 2.17. The monoisotopic (exact) mass is 364 g/mol. The predicted octanol–water partition coefficient (Wildman–Crippen LogP) is 2.78. The normalized spacial score (nSPS) is 11.5. The van der Waals surface area contributed by atoms with Gasteiger partial charge >= 0.3 is 0 Å². The number of hydrogen-bond acceptors (Lipinski definition) is 7. The molecule has 3 aromatic rings. The van der Waals surface area contributed by atoms with Gasteiger partial charge < -0.3 is 0 Å². The first-order chi connectivity index (χ1) is 11.6. The third-order valence-electron chi connectivity index (χ3n) is 3.94. The van der Waals surface area contributed by atoms with Crippen molar-refractivity contribution >= 4 is 33.3 Å². The van der Waals surface area contributed by atoms with E-state index in [4.69, 9.17) is 4.98 Å². The number of hydrogen-bond donors (Lipinski definition) is 0. The zero-order valence-electron chi connectivity index (χ0n) is 14.2. The third-order valence-corrected chi connectivity index (χ3v) is 6.02. The molecule has 0 unspecified atom stereocenters. The molecule has 0 aliphatic heterocycles. The summed E-state index contributed by atoms with van der Waals surface area (Å²) in [7, 11) is 0. The number of thiophene rings is 1. The van der Waals surface area contributed by atoms with Gasteiger partial charge in [-0.15, -0.1) is 16.4 Å². The van der Waals surface area contributed by atoms with E-state index in [1.807, 2.05) is 20.8 Å². The molecule has 3 heterocycles. The fraction of sp³-hybridized carbons (Fsp3) is 0.533. The highest BCUT2D eigenvalue weighted by atomic mass is 32.2. The quantitative estimate of drug-likeness (QED) is 0.494. The van der Waals surface area contributed by atoms with Crippen LogP contribution in [0.5, 0.6) is 0 Å². The summed E-state index contributed by atoms with van der Waals surface area (Å²) in [4.78, 5) is 19.5. The molecule has 0 aliphatic carbocycles. The topological polar surface area (TPSA) is 78.5 Å². The SMILES string of the molecule is CCCn1nnnc1CSc1nc2sc(C)c(C)c2c(=O)n1CC. The van der Waals surface area contributed by atoms with Gasteiger partial charge in [0.2, 0.25) is 0 Å². The first-order valence-corrected chi connectivity index (χ1v) is 9.75. The Kier molecular flexibility index (Phi) is 5.00. The third kappa shape index (κ3) is 2.98. The van der Waals surface area contributed by atoms with Gasteiger partial charge in [-0.25, -0.2) is 9.67 Å². The van der Waals surface area contributed by atoms with Crippen LogP contribution >= 0.6 is 23.1 Å². The van der Waals surface area contributed by atoms with Crippen LogP contribution < -0.4 is 5.56 Å². The largest absolute Gasteiger partial charge is 0.287 e. The Bertz CT molecular complexity index is 926. The van der Waals surface area contributed by atoms with Gasteiger partial charge in [0.05, 0.1) is 11.1 Å². The minimum Gasteiger partial charge on any atom is -0.287 e. The first-order valence-electron chi connectivity index (χ1n) is 7.95. The second-order valence-electron chi connectivity index (χ2n) is 5.51. The number of rotatable bonds is 6. The van der Waals surface area contributed by atoms with E-state index in [1.54, 1.807) is 20.6 Å². The summed E-state index contributed by atoms with van der Waals surface area (Å²) in [6, 6.07) is 0. The molecular formula is C15H20N6OS2. The van der Waals surface area contributed by atoms with Gasteiger partial charge in [-0.05, 0) is 43.2 Å². The van der Waals surface area contributed by atoms with Crippen molar-refractivity contribution in [3.63, 3.8) is 0 Å². The van der Waals surface area contributed by atoms with Crippen LogP contribution in [0, 0.1) is 13.8 Å². The number of fused-ring (bicyclic) bond motifs is 1. The average molecular weight is 365 g/mol. The Balaban J connectivity index is 1.97. The molecule has 0 bridgehead atoms. The van der Waals surface area contributed by atoms with E-state index < -0.39 is 0 Å². The fourth-order valence-electron chi connectivity index (χ4n) is 2.54. The van der Waals surface area contributed by atoms with E-state index in [9.17, 15) is 4.79 Å². The minimum absolute atomic E-state index is 0.0417. The van der Waals surface area contributed by atoms with E-state index in [1.165, 1.54) is 11.8 Å². The van der Waals surface area contributed by atoms with Crippen molar-refractivity contribution < 1.29 is 0 Å². The number of aromatic nitrogens is 6. The Morgan fingerprint density at radius 2 is 2.04 bits per heavy atom. The van der Waals surface area contributed by atoms with Crippen LogP contribution in [0.15, 0.2) is 9.95 Å². The van der Waals surface area contributed by atoms with Crippen LogP contribution in [-0.4, -0.2) is 29.8 Å². The van der Waals surface area contributed by atoms with E-state index in [-0.39, 0.29) is 5.56 Å². The lowest BCUT2D eigenvalue weighted by Crippen LogP contribution is -2.22. The van der Waals surface area contributed by atoms with Gasteiger partial charge in [-0.3, -0.25) is 9.36 Å². The molecule has 7 nitrogen and oxygen atoms in total. The molecule has 0 spiro atoms. The number of nitrogens with zero attached hydrogens (tertiary/aromatic N) is 6. The van der Waals surface area contributed by atoms with E-state index >= 15 is 0 Å². The van der Waals surface area contributed by atoms with Crippen LogP contribution in [-0.2, 0) is 18.8 Å². The molecule has 0 radical (unpaired) electrons. The molecule has 128 valence electrons. The molecule has 3 aromatic heterocycles. The first kappa shape index (κ1) is 17.1. The van der Waals surface area contributed by atoms with Crippen LogP contribution in [0.3, 0.4) is 0 Å². The number of aryl methyl sites for hydroxylation is 3. The Labute approximate surface area is 148 Å². The maximum absolute atomic E-state index is 12.8. The number of thioether (sulfide) groups is 1. The molecule has 0 N–H and O–H groups in total. The maximum atomic E-state index is 12.8. The van der Waals surface area contributed by atoms with Crippen LogP contribution in [0.25, 0.3) is 10.2 Å². The predicted molar refractivity (Wildman–Crippen MR) is 96.7 cm³/mol. The van der Waals surface area contributed by atoms with Crippen molar-refractivity contribution in [3.8, 4) is 0 Å². The van der Waals surface area contributed by atoms with Gasteiger partial charge in [-0.2, -0.15) is 0 Å². The van der Waals surface area contributed by atoms with E-state index in [2.05, 4.69) is 22.4 Å². The Morgan fingerprint density at radius 3 is 2.75 bits per heavy atom. The Morgan fingerprint density at radius 1 is 1.25 bits per heavy atom. The summed E-state index contributed by atoms with van der Waals surface area (Å²) in [6.07, 6.45) is 0.973. The van der Waals surface area contributed by atoms with Gasteiger partial charge in [-0.1, -0.05) is 18.7 Å². The summed E-state index contributed by atoms with van der Waals surface area (Å²) in [5.41, 5.74) is 1.08. The van der Waals surface area contributed by atoms with Gasteiger partial charge in [0, 0.05) is 18.0 Å². The molecule has 0 aliphatic rings. The fourth-order valence-corrected chi connectivity index (χ4v) is 4.61. The smallest absolute Gasteiger partial charge is 0.263 e. The molecular weight excluding hydrogens is 344 g/mol. The van der Waals surface area contributed by atoms with E-state index in [0.717, 1.165) is 44.6 Å². The molecule has 9 heteroatoms. The van der Waals surface area contributed by atoms with Crippen molar-refractivity contribution in [2.24, 2.45) is 0 Å². The van der Waals surface area contributed by atoms with Crippen molar-refractivity contribution in [1.82, 2.24) is 29.8 Å². The van der Waals surface area contributed by atoms with Crippen molar-refractivity contribution in [3.05, 3.63) is 26.6 Å². The summed E-state index contributed by atoms with van der Waals surface area (Å²) in [5.74, 6) is 1.39. The summed E-state index contributed by atoms with van der Waals surface area (Å²) >= 11 is 3.09.